The molecule has 0 amide bonds. The van der Waals surface area contributed by atoms with Gasteiger partial charge in [-0.05, 0) is 12.1 Å². The molecule has 0 N–H and O–H groups in total. The van der Waals surface area contributed by atoms with E-state index in [9.17, 15) is 4.79 Å². The summed E-state index contributed by atoms with van der Waals surface area (Å²) in [6.07, 6.45) is 3.10. The van der Waals surface area contributed by atoms with E-state index in [1.165, 1.54) is 6.20 Å². The first kappa shape index (κ1) is 7.46. The van der Waals surface area contributed by atoms with Gasteiger partial charge in [0.25, 0.3) is 0 Å². The van der Waals surface area contributed by atoms with Crippen LogP contribution in [-0.4, -0.2) is 8.96 Å². The van der Waals surface area contributed by atoms with Crippen LogP contribution in [0.5, 0.6) is 5.75 Å². The predicted octanol–water partition coefficient (Wildman–Crippen LogP) is 2.02. The zero-order valence-electron chi connectivity index (χ0n) is 4.95. The lowest BCUT2D eigenvalue weighted by Crippen LogP contribution is -1.94. The van der Waals surface area contributed by atoms with Crippen molar-refractivity contribution in [2.75, 3.05) is 0 Å². The van der Waals surface area contributed by atoms with Gasteiger partial charge in [0.1, 0.15) is 5.75 Å². The maximum Gasteiger partial charge on any atom is 0.372 e. The molecule has 0 saturated carbocycles. The normalized spacial score (nSPS) is 8.90. The first-order chi connectivity index (χ1) is 4.79. The Hall–Kier alpha value is -0.650. The number of nitrogens with zero attached hydrogens (tertiary/aromatic N) is 1. The van der Waals surface area contributed by atoms with Crippen LogP contribution in [0.4, 0.5) is 4.79 Å². The van der Waals surface area contributed by atoms with Gasteiger partial charge < -0.3 is 4.74 Å². The van der Waals surface area contributed by atoms with Gasteiger partial charge in [-0.25, -0.2) is 4.79 Å². The highest BCUT2D eigenvalue weighted by Crippen LogP contribution is 2.08. The van der Waals surface area contributed by atoms with Crippen LogP contribution >= 0.6 is 22.6 Å². The Kier molecular flexibility index (Phi) is 2.61. The van der Waals surface area contributed by atoms with Gasteiger partial charge in [0.05, 0.1) is 28.8 Å². The van der Waals surface area contributed by atoms with Gasteiger partial charge in [0.15, 0.2) is 0 Å². The van der Waals surface area contributed by atoms with Gasteiger partial charge >= 0.3 is 3.98 Å². The molecule has 1 aromatic rings. The van der Waals surface area contributed by atoms with Crippen LogP contribution in [0, 0.1) is 0 Å². The monoisotopic (exact) mass is 249 g/mol. The molecule has 10 heavy (non-hydrogen) atoms. The molecule has 0 atom stereocenters. The summed E-state index contributed by atoms with van der Waals surface area (Å²) in [5.74, 6) is 0.474. The molecule has 1 heterocycles. The Morgan fingerprint density at radius 3 is 3.00 bits per heavy atom. The van der Waals surface area contributed by atoms with E-state index in [0.717, 1.165) is 0 Å². The van der Waals surface area contributed by atoms with Crippen LogP contribution in [0.3, 0.4) is 0 Å². The van der Waals surface area contributed by atoms with Gasteiger partial charge in [0, 0.05) is 6.20 Å². The first-order valence-corrected chi connectivity index (χ1v) is 3.64. The molecule has 3 nitrogen and oxygen atoms in total. The minimum atomic E-state index is -0.356. The molecule has 0 saturated heterocycles. The number of ether oxygens (including phenoxy) is 1. The summed E-state index contributed by atoms with van der Waals surface area (Å²) >= 11 is 1.56. The fourth-order valence-corrected chi connectivity index (χ4v) is 0.754. The minimum absolute atomic E-state index is 0.356. The van der Waals surface area contributed by atoms with E-state index in [2.05, 4.69) is 4.98 Å². The predicted molar refractivity (Wildman–Crippen MR) is 44.3 cm³/mol. The molecule has 0 bridgehead atoms. The highest BCUT2D eigenvalue weighted by atomic mass is 127. The second-order valence-electron chi connectivity index (χ2n) is 1.53. The third kappa shape index (κ3) is 2.30. The second kappa shape index (κ2) is 3.50. The summed E-state index contributed by atoms with van der Waals surface area (Å²) in [4.78, 5) is 14.1. The van der Waals surface area contributed by atoms with Crippen molar-refractivity contribution in [1.82, 2.24) is 4.98 Å². The molecule has 4 heteroatoms. The van der Waals surface area contributed by atoms with Crippen LogP contribution < -0.4 is 4.74 Å². The molecular formula is C6H4INO2. The third-order valence-electron chi connectivity index (χ3n) is 0.832. The first-order valence-electron chi connectivity index (χ1n) is 2.56. The lowest BCUT2D eigenvalue weighted by molar-refractivity contribution is 0.230. The highest BCUT2D eigenvalue weighted by Gasteiger charge is 1.95. The van der Waals surface area contributed by atoms with Gasteiger partial charge in [-0.2, -0.15) is 0 Å². The van der Waals surface area contributed by atoms with Crippen molar-refractivity contribution in [2.45, 2.75) is 0 Å². The molecule has 0 unspecified atom stereocenters. The summed E-state index contributed by atoms with van der Waals surface area (Å²) in [7, 11) is 0. The fourth-order valence-electron chi connectivity index (χ4n) is 0.500. The third-order valence-corrected chi connectivity index (χ3v) is 1.05. The second-order valence-corrected chi connectivity index (χ2v) is 2.41. The van der Waals surface area contributed by atoms with E-state index in [1.54, 1.807) is 40.9 Å². The number of hydrogen-bond acceptors (Lipinski definition) is 3. The molecule has 0 aliphatic heterocycles. The molecule has 0 radical (unpaired) electrons. The molecule has 0 spiro atoms. The molecule has 0 aromatic carbocycles. The number of halogens is 1. The van der Waals surface area contributed by atoms with Crippen molar-refractivity contribution >= 4 is 26.6 Å². The smallest absolute Gasteiger partial charge is 0.372 e. The molecule has 52 valence electrons. The number of aromatic nitrogens is 1. The Bertz CT molecular complexity index is 224. The van der Waals surface area contributed by atoms with E-state index in [0.29, 0.717) is 5.75 Å². The Morgan fingerprint density at radius 2 is 2.50 bits per heavy atom. The SMILES string of the molecule is O=C(I)Oc1cccnc1. The number of carbonyl (C=O) groups is 1. The molecular weight excluding hydrogens is 245 g/mol. The summed E-state index contributed by atoms with van der Waals surface area (Å²) in [6, 6.07) is 3.37. The van der Waals surface area contributed by atoms with Gasteiger partial charge in [-0.1, -0.05) is 0 Å². The fraction of sp³-hybridized carbons (Fsp3) is 0. The minimum Gasteiger partial charge on any atom is -0.417 e. The largest absolute Gasteiger partial charge is 0.417 e. The number of hydrogen-bond donors (Lipinski definition) is 0. The van der Waals surface area contributed by atoms with Crippen molar-refractivity contribution in [1.29, 1.82) is 0 Å². The standard InChI is InChI=1S/C6H4INO2/c7-6(9)10-5-2-1-3-8-4-5/h1-4H. The van der Waals surface area contributed by atoms with E-state index >= 15 is 0 Å². The van der Waals surface area contributed by atoms with E-state index in [4.69, 9.17) is 4.74 Å². The average molecular weight is 249 g/mol. The topological polar surface area (TPSA) is 39.2 Å². The molecule has 1 aromatic heterocycles. The van der Waals surface area contributed by atoms with Crippen molar-refractivity contribution < 1.29 is 9.53 Å². The van der Waals surface area contributed by atoms with Crippen LogP contribution in [0.2, 0.25) is 0 Å². The van der Waals surface area contributed by atoms with Crippen LogP contribution in [-0.2, 0) is 0 Å². The van der Waals surface area contributed by atoms with E-state index in [1.807, 2.05) is 0 Å². The van der Waals surface area contributed by atoms with Crippen LogP contribution in [0.1, 0.15) is 0 Å². The van der Waals surface area contributed by atoms with Gasteiger partial charge in [0.2, 0.25) is 0 Å². The molecule has 0 fully saturated rings. The lowest BCUT2D eigenvalue weighted by Gasteiger charge is -1.95. The van der Waals surface area contributed by atoms with Gasteiger partial charge in [-0.3, -0.25) is 4.98 Å². The summed E-state index contributed by atoms with van der Waals surface area (Å²) in [6.45, 7) is 0. The zero-order chi connectivity index (χ0) is 7.40. The van der Waals surface area contributed by atoms with E-state index in [-0.39, 0.29) is 3.98 Å². The van der Waals surface area contributed by atoms with Crippen molar-refractivity contribution in [3.8, 4) is 5.75 Å². The summed E-state index contributed by atoms with van der Waals surface area (Å²) in [5.41, 5.74) is 0. The molecule has 0 aliphatic carbocycles. The Balaban J connectivity index is 2.67. The van der Waals surface area contributed by atoms with Crippen molar-refractivity contribution in [3.63, 3.8) is 0 Å². The van der Waals surface area contributed by atoms with Crippen LogP contribution in [0.15, 0.2) is 24.5 Å². The highest BCUT2D eigenvalue weighted by molar-refractivity contribution is 14.1. The van der Waals surface area contributed by atoms with Crippen LogP contribution in [0.25, 0.3) is 0 Å². The molecule has 1 rings (SSSR count). The number of pyridine rings is 1. The van der Waals surface area contributed by atoms with Crippen molar-refractivity contribution in [3.05, 3.63) is 24.5 Å². The van der Waals surface area contributed by atoms with Crippen molar-refractivity contribution in [2.24, 2.45) is 0 Å². The van der Waals surface area contributed by atoms with Gasteiger partial charge in [-0.15, -0.1) is 0 Å². The lowest BCUT2D eigenvalue weighted by atomic mass is 10.5. The quantitative estimate of drug-likeness (QED) is 0.564. The Morgan fingerprint density at radius 1 is 1.70 bits per heavy atom. The van der Waals surface area contributed by atoms with E-state index < -0.39 is 0 Å². The average Bonchev–Trinajstić information content (AvgIpc) is 1.88. The zero-order valence-corrected chi connectivity index (χ0v) is 7.11. The maximum atomic E-state index is 10.3. The molecule has 0 aliphatic rings. The number of rotatable bonds is 1. The summed E-state index contributed by atoms with van der Waals surface area (Å²) in [5, 5.41) is 0. The maximum absolute atomic E-state index is 10.3. The Labute approximate surface area is 71.6 Å². The summed E-state index contributed by atoms with van der Waals surface area (Å²) < 4.78 is 4.34. The number of carbonyl (C=O) groups excluding carboxylic acids is 1.